The van der Waals surface area contributed by atoms with Crippen LogP contribution in [0.15, 0.2) is 48.5 Å². The van der Waals surface area contributed by atoms with Gasteiger partial charge >= 0.3 is 0 Å². The van der Waals surface area contributed by atoms with Crippen LogP contribution in [0.4, 0.5) is 11.4 Å². The highest BCUT2D eigenvalue weighted by Crippen LogP contribution is 2.31. The largest absolute Gasteiger partial charge is 0.314 e. The molecule has 0 spiro atoms. The summed E-state index contributed by atoms with van der Waals surface area (Å²) in [4.78, 5) is 22.1. The van der Waals surface area contributed by atoms with Crippen LogP contribution < -0.4 is 31.9 Å². The van der Waals surface area contributed by atoms with E-state index in [2.05, 4.69) is 41.9 Å². The van der Waals surface area contributed by atoms with Crippen molar-refractivity contribution in [3.8, 4) is 0 Å². The molecule has 2 unspecified atom stereocenters. The molecule has 4 rings (SSSR count). The van der Waals surface area contributed by atoms with E-state index in [9.17, 15) is 20.2 Å². The Hall–Kier alpha value is -3.08. The molecule has 2 atom stereocenters. The molecule has 2 aromatic carbocycles. The van der Waals surface area contributed by atoms with Gasteiger partial charge in [0.15, 0.2) is 0 Å². The summed E-state index contributed by atoms with van der Waals surface area (Å²) in [5.74, 6) is 0. The molecule has 0 aliphatic carbocycles. The van der Waals surface area contributed by atoms with E-state index in [4.69, 9.17) is 0 Å². The average Bonchev–Trinajstić information content (AvgIpc) is 2.98. The normalized spacial score (nSPS) is 23.4. The smallest absolute Gasteiger partial charge is 0.269 e. The molecule has 42 heavy (non-hydrogen) atoms. The molecule has 0 aromatic heterocycles. The number of rotatable bonds is 5. The predicted molar refractivity (Wildman–Crippen MR) is 162 cm³/mol. The van der Waals surface area contributed by atoms with E-state index in [1.54, 1.807) is 24.3 Å². The van der Waals surface area contributed by atoms with Gasteiger partial charge < -0.3 is 31.9 Å². The zero-order valence-electron chi connectivity index (χ0n) is 24.1. The summed E-state index contributed by atoms with van der Waals surface area (Å²) in [5, 5.41) is 48.8. The zero-order chi connectivity index (χ0) is 29.6. The van der Waals surface area contributed by atoms with Crippen LogP contribution in [-0.4, -0.2) is 111 Å². The molecule has 2 aliphatic rings. The third kappa shape index (κ3) is 9.47. The average molecular weight is 585 g/mol. The third-order valence-electron chi connectivity index (χ3n) is 7.65. The topological polar surface area (TPSA) is 165 Å². The number of benzene rings is 2. The minimum absolute atomic E-state index is 0.0642. The molecular formula is C28H44N10O4. The zero-order valence-corrected chi connectivity index (χ0v) is 24.1. The molecule has 2 fully saturated rings. The van der Waals surface area contributed by atoms with E-state index in [1.807, 2.05) is 24.3 Å². The summed E-state index contributed by atoms with van der Waals surface area (Å²) < 4.78 is 0. The molecule has 0 radical (unpaired) electrons. The van der Waals surface area contributed by atoms with Gasteiger partial charge in [-0.3, -0.25) is 20.2 Å². The van der Waals surface area contributed by atoms with Crippen molar-refractivity contribution in [3.05, 3.63) is 79.9 Å². The van der Waals surface area contributed by atoms with Crippen LogP contribution in [0.5, 0.6) is 0 Å². The standard InChI is InChI=1S/C28H44N10O4/c39-37(40)25-5-1-23(2-6-25)27-21-33-15-13-29-9-11-31-17-19-35(27)36-20-18-32-12-10-30-14-16-34-22-28(36)24-3-7-26(8-4-24)38(41)42/h1-8,27-34H,9-22H2. The van der Waals surface area contributed by atoms with E-state index in [1.165, 1.54) is 0 Å². The quantitative estimate of drug-likeness (QED) is 0.212. The molecule has 2 aromatic rings. The van der Waals surface area contributed by atoms with Gasteiger partial charge in [0.1, 0.15) is 0 Å². The minimum Gasteiger partial charge on any atom is -0.314 e. The van der Waals surface area contributed by atoms with Crippen LogP contribution in [0.3, 0.4) is 0 Å². The van der Waals surface area contributed by atoms with Crippen LogP contribution in [-0.2, 0) is 0 Å². The maximum Gasteiger partial charge on any atom is 0.269 e. The van der Waals surface area contributed by atoms with Gasteiger partial charge in [-0.1, -0.05) is 24.3 Å². The fourth-order valence-electron chi connectivity index (χ4n) is 5.43. The van der Waals surface area contributed by atoms with E-state index in [-0.39, 0.29) is 33.3 Å². The first-order valence-corrected chi connectivity index (χ1v) is 14.8. The Morgan fingerprint density at radius 1 is 0.500 bits per heavy atom. The summed E-state index contributed by atoms with van der Waals surface area (Å²) >= 11 is 0. The minimum atomic E-state index is -0.371. The van der Waals surface area contributed by atoms with Crippen molar-refractivity contribution in [1.82, 2.24) is 41.9 Å². The van der Waals surface area contributed by atoms with Gasteiger partial charge in [-0.25, -0.2) is 10.0 Å². The molecule has 0 saturated carbocycles. The molecule has 14 nitrogen and oxygen atoms in total. The number of nitro benzene ring substituents is 2. The lowest BCUT2D eigenvalue weighted by Gasteiger charge is -2.45. The molecule has 0 amide bonds. The maximum absolute atomic E-state index is 11.4. The molecular weight excluding hydrogens is 540 g/mol. The third-order valence-corrected chi connectivity index (χ3v) is 7.65. The van der Waals surface area contributed by atoms with Gasteiger partial charge in [0.05, 0.1) is 21.9 Å². The van der Waals surface area contributed by atoms with Gasteiger partial charge in [0.25, 0.3) is 11.4 Å². The lowest BCUT2D eigenvalue weighted by atomic mass is 10.0. The van der Waals surface area contributed by atoms with Crippen LogP contribution in [0, 0.1) is 20.2 Å². The predicted octanol–water partition coefficient (Wildman–Crippen LogP) is 0.369. The van der Waals surface area contributed by atoms with Gasteiger partial charge in [0.2, 0.25) is 0 Å². The molecule has 2 saturated heterocycles. The molecule has 2 aliphatic heterocycles. The molecule has 0 bridgehead atoms. The second-order valence-electron chi connectivity index (χ2n) is 10.5. The number of hydrazine groups is 1. The lowest BCUT2D eigenvalue weighted by Crippen LogP contribution is -2.55. The molecule has 6 N–H and O–H groups in total. The Kier molecular flexibility index (Phi) is 13.0. The number of hydrogen-bond donors (Lipinski definition) is 6. The van der Waals surface area contributed by atoms with Gasteiger partial charge in [0, 0.05) is 116 Å². The first-order valence-electron chi connectivity index (χ1n) is 14.8. The van der Waals surface area contributed by atoms with Crippen molar-refractivity contribution < 1.29 is 9.85 Å². The molecule has 14 heteroatoms. The molecule has 230 valence electrons. The Labute approximate surface area is 246 Å². The summed E-state index contributed by atoms with van der Waals surface area (Å²) in [6, 6.07) is 13.5. The van der Waals surface area contributed by atoms with Crippen molar-refractivity contribution in [2.75, 3.05) is 91.6 Å². The van der Waals surface area contributed by atoms with Crippen molar-refractivity contribution in [3.63, 3.8) is 0 Å². The highest BCUT2D eigenvalue weighted by molar-refractivity contribution is 5.35. The van der Waals surface area contributed by atoms with E-state index < -0.39 is 0 Å². The maximum atomic E-state index is 11.4. The van der Waals surface area contributed by atoms with Crippen LogP contribution in [0.1, 0.15) is 23.2 Å². The van der Waals surface area contributed by atoms with Crippen molar-refractivity contribution in [2.45, 2.75) is 12.1 Å². The second-order valence-corrected chi connectivity index (χ2v) is 10.5. The fraction of sp³-hybridized carbons (Fsp3) is 0.571. The van der Waals surface area contributed by atoms with E-state index in [0.29, 0.717) is 26.2 Å². The summed E-state index contributed by atoms with van der Waals surface area (Å²) in [5.41, 5.74) is 2.09. The monoisotopic (exact) mass is 584 g/mol. The van der Waals surface area contributed by atoms with Crippen LogP contribution >= 0.6 is 0 Å². The number of hydrogen-bond acceptors (Lipinski definition) is 12. The Morgan fingerprint density at radius 3 is 1.14 bits per heavy atom. The first-order chi connectivity index (χ1) is 20.5. The van der Waals surface area contributed by atoms with E-state index in [0.717, 1.165) is 76.6 Å². The van der Waals surface area contributed by atoms with Crippen molar-refractivity contribution in [1.29, 1.82) is 0 Å². The Bertz CT molecular complexity index is 1020. The fourth-order valence-corrected chi connectivity index (χ4v) is 5.43. The Morgan fingerprint density at radius 2 is 0.810 bits per heavy atom. The first kappa shape index (κ1) is 31.8. The second kappa shape index (κ2) is 17.1. The van der Waals surface area contributed by atoms with Crippen molar-refractivity contribution in [2.24, 2.45) is 0 Å². The summed E-state index contributed by atoms with van der Waals surface area (Å²) in [6.07, 6.45) is 0. The van der Waals surface area contributed by atoms with Gasteiger partial charge in [-0.05, 0) is 11.1 Å². The highest BCUT2D eigenvalue weighted by atomic mass is 16.6. The SMILES string of the molecule is O=[N+]([O-])c1ccc(C2CNCCNCCNCCN2N2CCNCCNCCNCC2c2ccc([N+](=O)[O-])cc2)cc1. The van der Waals surface area contributed by atoms with Crippen LogP contribution in [0.25, 0.3) is 0 Å². The highest BCUT2D eigenvalue weighted by Gasteiger charge is 2.32. The molecule has 2 heterocycles. The van der Waals surface area contributed by atoms with Crippen LogP contribution in [0.2, 0.25) is 0 Å². The number of nitro groups is 2. The number of nitrogens with one attached hydrogen (secondary N) is 6. The van der Waals surface area contributed by atoms with E-state index >= 15 is 0 Å². The summed E-state index contributed by atoms with van der Waals surface area (Å²) in [6.45, 7) is 10.9. The van der Waals surface area contributed by atoms with Crippen molar-refractivity contribution >= 4 is 11.4 Å². The number of non-ortho nitro benzene ring substituents is 2. The summed E-state index contributed by atoms with van der Waals surface area (Å²) in [7, 11) is 0. The lowest BCUT2D eigenvalue weighted by molar-refractivity contribution is -0.385. The number of nitrogens with zero attached hydrogens (tertiary/aromatic N) is 4. The van der Waals surface area contributed by atoms with Gasteiger partial charge in [-0.15, -0.1) is 0 Å². The van der Waals surface area contributed by atoms with Gasteiger partial charge in [-0.2, -0.15) is 0 Å². The Balaban J connectivity index is 1.74.